The Morgan fingerprint density at radius 3 is 2.53 bits per heavy atom. The first-order valence-electron chi connectivity index (χ1n) is 12.5. The molecule has 6 heteroatoms. The van der Waals surface area contributed by atoms with Gasteiger partial charge in [0.15, 0.2) is 11.5 Å². The Morgan fingerprint density at radius 2 is 1.81 bits per heavy atom. The van der Waals surface area contributed by atoms with Crippen LogP contribution in [0.3, 0.4) is 0 Å². The predicted molar refractivity (Wildman–Crippen MR) is 137 cm³/mol. The zero-order chi connectivity index (χ0) is 24.9. The highest BCUT2D eigenvalue weighted by molar-refractivity contribution is 5.96. The summed E-state index contributed by atoms with van der Waals surface area (Å²) >= 11 is 0. The minimum atomic E-state index is -0.433. The minimum Gasteiger partial charge on any atom is -0.454 e. The van der Waals surface area contributed by atoms with Gasteiger partial charge < -0.3 is 19.5 Å². The number of Topliss-reactive ketones (excluding diaryl/α,β-unsaturated/α-hetero) is 1. The van der Waals surface area contributed by atoms with Crippen LogP contribution in [0.15, 0.2) is 60.7 Å². The summed E-state index contributed by atoms with van der Waals surface area (Å²) in [6, 6.07) is 19.6. The summed E-state index contributed by atoms with van der Waals surface area (Å²) < 4.78 is 10.9. The molecular formula is C30H31NO5. The molecule has 36 heavy (non-hydrogen) atoms. The van der Waals surface area contributed by atoms with Crippen LogP contribution in [-0.2, 0) is 16.6 Å². The Balaban J connectivity index is 0.00000280. The molecule has 1 N–H and O–H groups in total. The van der Waals surface area contributed by atoms with Gasteiger partial charge in [0.05, 0.1) is 11.5 Å². The van der Waals surface area contributed by atoms with Crippen LogP contribution in [0.4, 0.5) is 0 Å². The molecule has 0 unspecified atom stereocenters. The molecule has 1 amide bonds. The number of benzene rings is 3. The molecule has 3 aromatic carbocycles. The standard InChI is InChI=1S/C30H29NO5.H2/c1-19-2-3-20(15-28(33)30(11-12-30)23-8-9-26-27(16-23)36-18-35-26)14-25(19)21-4-6-22(7-5-21)29(34)31-13-10-24(32)17-31;/h2-9,14,16,24,32H,10-13,15,17-18H2,1H3;1H/t24-;/m0./s1. The van der Waals surface area contributed by atoms with E-state index in [2.05, 4.69) is 19.1 Å². The van der Waals surface area contributed by atoms with Gasteiger partial charge in [0.2, 0.25) is 6.79 Å². The van der Waals surface area contributed by atoms with Crippen molar-refractivity contribution in [3.05, 3.63) is 82.9 Å². The quantitative estimate of drug-likeness (QED) is 0.548. The fraction of sp³-hybridized carbons (Fsp3) is 0.333. The zero-order valence-corrected chi connectivity index (χ0v) is 20.3. The number of rotatable bonds is 6. The molecule has 1 saturated heterocycles. The number of carbonyl (C=O) groups excluding carboxylic acids is 2. The Bertz CT molecular complexity index is 1350. The van der Waals surface area contributed by atoms with Crippen LogP contribution < -0.4 is 9.47 Å². The summed E-state index contributed by atoms with van der Waals surface area (Å²) in [4.78, 5) is 27.9. The van der Waals surface area contributed by atoms with Gasteiger partial charge in [-0.15, -0.1) is 0 Å². The van der Waals surface area contributed by atoms with Crippen molar-refractivity contribution >= 4 is 11.7 Å². The third-order valence-corrected chi connectivity index (χ3v) is 7.77. The molecule has 6 nitrogen and oxygen atoms in total. The summed E-state index contributed by atoms with van der Waals surface area (Å²) in [6.07, 6.45) is 2.28. The number of aryl methyl sites for hydroxylation is 1. The lowest BCUT2D eigenvalue weighted by atomic mass is 9.87. The van der Waals surface area contributed by atoms with Gasteiger partial charge in [-0.3, -0.25) is 9.59 Å². The second-order valence-corrected chi connectivity index (χ2v) is 10.2. The highest BCUT2D eigenvalue weighted by atomic mass is 16.7. The molecule has 186 valence electrons. The van der Waals surface area contributed by atoms with Crippen LogP contribution in [0.2, 0.25) is 0 Å². The van der Waals surface area contributed by atoms with Gasteiger partial charge in [-0.05, 0) is 78.3 Å². The molecule has 2 fully saturated rings. The molecule has 2 aliphatic heterocycles. The van der Waals surface area contributed by atoms with E-state index in [1.807, 2.05) is 48.5 Å². The van der Waals surface area contributed by atoms with Gasteiger partial charge in [-0.25, -0.2) is 0 Å². The van der Waals surface area contributed by atoms with Crippen LogP contribution in [0.5, 0.6) is 11.5 Å². The van der Waals surface area contributed by atoms with E-state index in [4.69, 9.17) is 9.47 Å². The maximum absolute atomic E-state index is 13.5. The summed E-state index contributed by atoms with van der Waals surface area (Å²) in [5.74, 6) is 1.63. The largest absolute Gasteiger partial charge is 0.454 e. The smallest absolute Gasteiger partial charge is 0.253 e. The molecule has 0 bridgehead atoms. The van der Waals surface area contributed by atoms with E-state index in [1.165, 1.54) is 0 Å². The molecule has 0 aromatic heterocycles. The second kappa shape index (κ2) is 8.79. The van der Waals surface area contributed by atoms with Crippen molar-refractivity contribution in [1.29, 1.82) is 0 Å². The Morgan fingerprint density at radius 1 is 1.03 bits per heavy atom. The molecule has 3 aliphatic rings. The van der Waals surface area contributed by atoms with Crippen LogP contribution >= 0.6 is 0 Å². The zero-order valence-electron chi connectivity index (χ0n) is 20.3. The monoisotopic (exact) mass is 485 g/mol. The first kappa shape index (κ1) is 22.8. The summed E-state index contributed by atoms with van der Waals surface area (Å²) in [6.45, 7) is 3.26. The summed E-state index contributed by atoms with van der Waals surface area (Å²) in [5, 5.41) is 9.73. The van der Waals surface area contributed by atoms with Crippen LogP contribution in [0.25, 0.3) is 11.1 Å². The van der Waals surface area contributed by atoms with Crippen LogP contribution in [0, 0.1) is 6.92 Å². The summed E-state index contributed by atoms with van der Waals surface area (Å²) in [7, 11) is 0. The van der Waals surface area contributed by atoms with E-state index in [0.29, 0.717) is 37.2 Å². The molecule has 1 aliphatic carbocycles. The average molecular weight is 486 g/mol. The normalized spacial score (nSPS) is 19.4. The number of likely N-dealkylation sites (tertiary alicyclic amines) is 1. The molecule has 1 atom stereocenters. The number of aliphatic hydroxyl groups excluding tert-OH is 1. The lowest BCUT2D eigenvalue weighted by Crippen LogP contribution is -2.29. The highest BCUT2D eigenvalue weighted by Crippen LogP contribution is 2.51. The van der Waals surface area contributed by atoms with E-state index in [1.54, 1.807) is 4.90 Å². The maximum atomic E-state index is 13.5. The van der Waals surface area contributed by atoms with Crippen LogP contribution in [0.1, 0.15) is 47.7 Å². The Hall–Kier alpha value is -3.64. The van der Waals surface area contributed by atoms with E-state index in [0.717, 1.165) is 46.4 Å². The van der Waals surface area contributed by atoms with Gasteiger partial charge in [0.25, 0.3) is 5.91 Å². The number of hydrogen-bond acceptors (Lipinski definition) is 5. The SMILES string of the molecule is Cc1ccc(CC(=O)C2(c3ccc4c(c3)OCO4)CC2)cc1-c1ccc(C(=O)N2CC[C@H](O)C2)cc1.[HH]. The van der Waals surface area contributed by atoms with Crippen molar-refractivity contribution in [2.24, 2.45) is 0 Å². The van der Waals surface area contributed by atoms with E-state index in [-0.39, 0.29) is 19.9 Å². The number of ketones is 1. The van der Waals surface area contributed by atoms with Gasteiger partial charge in [0, 0.05) is 26.5 Å². The molecule has 0 spiro atoms. The van der Waals surface area contributed by atoms with Crippen molar-refractivity contribution in [3.8, 4) is 22.6 Å². The van der Waals surface area contributed by atoms with Crippen molar-refractivity contribution < 1.29 is 25.6 Å². The number of fused-ring (bicyclic) bond motifs is 1. The lowest BCUT2D eigenvalue weighted by molar-refractivity contribution is -0.120. The fourth-order valence-electron chi connectivity index (χ4n) is 5.39. The van der Waals surface area contributed by atoms with Gasteiger partial charge in [-0.2, -0.15) is 0 Å². The number of ether oxygens (including phenoxy) is 2. The van der Waals surface area contributed by atoms with E-state index >= 15 is 0 Å². The number of aliphatic hydroxyl groups is 1. The van der Waals surface area contributed by atoms with Gasteiger partial charge in [0.1, 0.15) is 5.78 Å². The number of hydrogen-bond donors (Lipinski definition) is 1. The third kappa shape index (κ3) is 4.05. The molecule has 0 radical (unpaired) electrons. The minimum absolute atomic E-state index is 0. The number of nitrogens with zero attached hydrogens (tertiary/aromatic N) is 1. The van der Waals surface area contributed by atoms with Crippen molar-refractivity contribution in [2.45, 2.75) is 44.1 Å². The van der Waals surface area contributed by atoms with E-state index < -0.39 is 11.5 Å². The first-order valence-corrected chi connectivity index (χ1v) is 12.5. The summed E-state index contributed by atoms with van der Waals surface area (Å²) in [5.41, 5.74) is 5.37. The second-order valence-electron chi connectivity index (χ2n) is 10.2. The topological polar surface area (TPSA) is 76.1 Å². The number of carbonyl (C=O) groups is 2. The number of β-amino-alcohol motifs (C(OH)–C–C–N with tert-alkyl or cyclic N) is 1. The molecule has 3 aromatic rings. The van der Waals surface area contributed by atoms with Gasteiger partial charge >= 0.3 is 0 Å². The van der Waals surface area contributed by atoms with Crippen LogP contribution in [-0.4, -0.2) is 47.7 Å². The first-order chi connectivity index (χ1) is 17.4. The van der Waals surface area contributed by atoms with Crippen molar-refractivity contribution in [2.75, 3.05) is 19.9 Å². The highest BCUT2D eigenvalue weighted by Gasteiger charge is 2.50. The van der Waals surface area contributed by atoms with Crippen molar-refractivity contribution in [1.82, 2.24) is 4.90 Å². The Labute approximate surface area is 211 Å². The lowest BCUT2D eigenvalue weighted by Gasteiger charge is -2.17. The molecule has 1 saturated carbocycles. The van der Waals surface area contributed by atoms with Crippen molar-refractivity contribution in [3.63, 3.8) is 0 Å². The predicted octanol–water partition coefficient (Wildman–Crippen LogP) is 4.69. The molecule has 6 rings (SSSR count). The third-order valence-electron chi connectivity index (χ3n) is 7.77. The Kier molecular flexibility index (Phi) is 5.56. The number of amides is 1. The molecular weight excluding hydrogens is 454 g/mol. The van der Waals surface area contributed by atoms with E-state index in [9.17, 15) is 14.7 Å². The fourth-order valence-corrected chi connectivity index (χ4v) is 5.39. The molecule has 2 heterocycles. The van der Waals surface area contributed by atoms with Gasteiger partial charge in [-0.1, -0.05) is 36.4 Å². The average Bonchev–Trinajstić information content (AvgIpc) is 3.37. The maximum Gasteiger partial charge on any atom is 0.253 e.